The van der Waals surface area contributed by atoms with Crippen LogP contribution in [0.2, 0.25) is 0 Å². The third-order valence-corrected chi connectivity index (χ3v) is 3.52. The molecule has 7 nitrogen and oxygen atoms in total. The van der Waals surface area contributed by atoms with Crippen molar-refractivity contribution in [1.82, 2.24) is 10.7 Å². The number of nitrogens with zero attached hydrogens (tertiary/aromatic N) is 1. The first kappa shape index (κ1) is 19.0. The number of carbonyl (C=O) groups excluding carboxylic acids is 2. The number of phenolic OH excluding ortho intramolecular Hbond substituents is 1. The minimum absolute atomic E-state index is 0.00346. The van der Waals surface area contributed by atoms with Crippen molar-refractivity contribution in [3.05, 3.63) is 59.7 Å². The van der Waals surface area contributed by atoms with Gasteiger partial charge in [-0.2, -0.15) is 5.10 Å². The van der Waals surface area contributed by atoms with E-state index < -0.39 is 5.91 Å². The van der Waals surface area contributed by atoms with Gasteiger partial charge >= 0.3 is 0 Å². The molecule has 2 rings (SSSR count). The first-order valence-corrected chi connectivity index (χ1v) is 8.00. The van der Waals surface area contributed by atoms with Gasteiger partial charge in [0.15, 0.2) is 0 Å². The van der Waals surface area contributed by atoms with Gasteiger partial charge in [0.05, 0.1) is 13.5 Å². The van der Waals surface area contributed by atoms with Crippen LogP contribution in [-0.2, 0) is 11.3 Å². The summed E-state index contributed by atoms with van der Waals surface area (Å²) in [7, 11) is 1.60. The van der Waals surface area contributed by atoms with Crippen molar-refractivity contribution in [1.29, 1.82) is 0 Å². The molecule has 0 spiro atoms. The molecule has 0 saturated heterocycles. The molecular weight excluding hydrogens is 334 g/mol. The lowest BCUT2D eigenvalue weighted by molar-refractivity contribution is -0.120. The van der Waals surface area contributed by atoms with Crippen LogP contribution in [0.25, 0.3) is 0 Å². The molecule has 0 bridgehead atoms. The number of nitrogens with one attached hydrogen (secondary N) is 2. The topological polar surface area (TPSA) is 100 Å². The zero-order valence-corrected chi connectivity index (χ0v) is 14.7. The fourth-order valence-electron chi connectivity index (χ4n) is 2.14. The van der Waals surface area contributed by atoms with Gasteiger partial charge in [-0.25, -0.2) is 5.43 Å². The van der Waals surface area contributed by atoms with E-state index in [0.717, 1.165) is 11.3 Å². The van der Waals surface area contributed by atoms with Crippen molar-refractivity contribution in [2.45, 2.75) is 19.9 Å². The second-order valence-electron chi connectivity index (χ2n) is 5.64. The Hall–Kier alpha value is -3.35. The minimum atomic E-state index is -0.459. The highest BCUT2D eigenvalue weighted by molar-refractivity contribution is 6.01. The number of carbonyl (C=O) groups is 2. The molecule has 0 aliphatic carbocycles. The molecule has 26 heavy (non-hydrogen) atoms. The van der Waals surface area contributed by atoms with E-state index in [4.69, 9.17) is 4.74 Å². The zero-order chi connectivity index (χ0) is 18.9. The molecule has 0 heterocycles. The quantitative estimate of drug-likeness (QED) is 0.524. The fraction of sp³-hybridized carbons (Fsp3) is 0.211. The van der Waals surface area contributed by atoms with Crippen LogP contribution in [0.4, 0.5) is 0 Å². The largest absolute Gasteiger partial charge is 0.508 e. The number of hydrogen-bond acceptors (Lipinski definition) is 5. The highest BCUT2D eigenvalue weighted by Gasteiger charge is 2.07. The Morgan fingerprint density at radius 2 is 1.88 bits per heavy atom. The summed E-state index contributed by atoms with van der Waals surface area (Å²) in [5.74, 6) is 0.0920. The van der Waals surface area contributed by atoms with Crippen molar-refractivity contribution in [3.8, 4) is 11.5 Å². The van der Waals surface area contributed by atoms with Gasteiger partial charge in [-0.15, -0.1) is 0 Å². The smallest absolute Gasteiger partial charge is 0.271 e. The highest BCUT2D eigenvalue weighted by Crippen LogP contribution is 2.11. The van der Waals surface area contributed by atoms with Crippen LogP contribution in [0.15, 0.2) is 53.6 Å². The Bertz CT molecular complexity index is 801. The molecule has 2 aromatic rings. The lowest BCUT2D eigenvalue weighted by Crippen LogP contribution is -2.26. The summed E-state index contributed by atoms with van der Waals surface area (Å²) in [6, 6.07) is 13.3. The normalized spacial score (nSPS) is 10.9. The predicted molar refractivity (Wildman–Crippen MR) is 98.1 cm³/mol. The third-order valence-electron chi connectivity index (χ3n) is 3.52. The summed E-state index contributed by atoms with van der Waals surface area (Å²) in [6.45, 7) is 2.04. The maximum Gasteiger partial charge on any atom is 0.271 e. The molecule has 136 valence electrons. The molecule has 0 atom stereocenters. The molecule has 0 unspecified atom stereocenters. The molecule has 0 aromatic heterocycles. The number of phenols is 1. The monoisotopic (exact) mass is 355 g/mol. The van der Waals surface area contributed by atoms with Crippen LogP contribution >= 0.6 is 0 Å². The first-order chi connectivity index (χ1) is 12.5. The van der Waals surface area contributed by atoms with Gasteiger partial charge in [-0.05, 0) is 42.8 Å². The van der Waals surface area contributed by atoms with Crippen LogP contribution in [0.5, 0.6) is 11.5 Å². The van der Waals surface area contributed by atoms with E-state index in [2.05, 4.69) is 15.8 Å². The molecule has 7 heteroatoms. The fourth-order valence-corrected chi connectivity index (χ4v) is 2.14. The van der Waals surface area contributed by atoms with E-state index in [9.17, 15) is 14.7 Å². The number of hydrazone groups is 1. The summed E-state index contributed by atoms with van der Waals surface area (Å²) < 4.78 is 5.08. The number of amides is 2. The van der Waals surface area contributed by atoms with Crippen molar-refractivity contribution < 1.29 is 19.4 Å². The van der Waals surface area contributed by atoms with Crippen LogP contribution in [0, 0.1) is 0 Å². The van der Waals surface area contributed by atoms with Gasteiger partial charge in [0.25, 0.3) is 5.91 Å². The van der Waals surface area contributed by atoms with E-state index in [1.807, 2.05) is 24.3 Å². The van der Waals surface area contributed by atoms with Crippen molar-refractivity contribution in [2.24, 2.45) is 5.10 Å². The Morgan fingerprint density at radius 3 is 2.54 bits per heavy atom. The maximum absolute atomic E-state index is 11.9. The number of hydrogen-bond donors (Lipinski definition) is 3. The molecule has 0 aliphatic heterocycles. The van der Waals surface area contributed by atoms with Gasteiger partial charge < -0.3 is 15.2 Å². The second-order valence-corrected chi connectivity index (χ2v) is 5.64. The summed E-state index contributed by atoms with van der Waals surface area (Å²) in [5, 5.41) is 16.1. The van der Waals surface area contributed by atoms with Gasteiger partial charge in [0, 0.05) is 17.8 Å². The van der Waals surface area contributed by atoms with Gasteiger partial charge in [-0.3, -0.25) is 9.59 Å². The number of aromatic hydroxyl groups is 1. The lowest BCUT2D eigenvalue weighted by atomic mass is 10.2. The number of ether oxygens (including phenoxy) is 1. The van der Waals surface area contributed by atoms with Crippen LogP contribution in [-0.4, -0.2) is 29.7 Å². The Balaban J connectivity index is 1.80. The molecule has 2 amide bonds. The first-order valence-electron chi connectivity index (χ1n) is 8.00. The number of rotatable bonds is 7. The van der Waals surface area contributed by atoms with Crippen LogP contribution < -0.4 is 15.5 Å². The van der Waals surface area contributed by atoms with Crippen molar-refractivity contribution >= 4 is 17.5 Å². The van der Waals surface area contributed by atoms with Crippen LogP contribution in [0.3, 0.4) is 0 Å². The minimum Gasteiger partial charge on any atom is -0.508 e. The Labute approximate surface area is 151 Å². The molecule has 0 saturated carbocycles. The molecule has 2 aromatic carbocycles. The van der Waals surface area contributed by atoms with E-state index >= 15 is 0 Å². The average Bonchev–Trinajstić information content (AvgIpc) is 2.65. The summed E-state index contributed by atoms with van der Waals surface area (Å²) in [4.78, 5) is 23.9. The lowest BCUT2D eigenvalue weighted by Gasteiger charge is -2.07. The Morgan fingerprint density at radius 1 is 1.15 bits per heavy atom. The predicted octanol–water partition coefficient (Wildman–Crippen LogP) is 2.21. The molecule has 0 fully saturated rings. The van der Waals surface area contributed by atoms with E-state index in [0.29, 0.717) is 12.3 Å². The number of methoxy groups -OCH3 is 1. The molecule has 3 N–H and O–H groups in total. The maximum atomic E-state index is 11.9. The molecule has 0 aliphatic rings. The summed E-state index contributed by atoms with van der Waals surface area (Å²) in [6.07, 6.45) is 0.0659. The van der Waals surface area contributed by atoms with E-state index in [1.54, 1.807) is 26.2 Å². The van der Waals surface area contributed by atoms with E-state index in [1.165, 1.54) is 12.1 Å². The van der Waals surface area contributed by atoms with Crippen molar-refractivity contribution in [2.75, 3.05) is 7.11 Å². The van der Waals surface area contributed by atoms with Gasteiger partial charge in [-0.1, -0.05) is 18.2 Å². The van der Waals surface area contributed by atoms with Gasteiger partial charge in [0.2, 0.25) is 5.91 Å². The standard InChI is InChI=1S/C19H21N3O4/c1-13(21-22-19(25)15-4-3-5-16(23)11-15)10-18(24)20-12-14-6-8-17(26-2)9-7-14/h3-9,11,23H,10,12H2,1-2H3,(H,20,24)(H,22,25). The molecule has 0 radical (unpaired) electrons. The third kappa shape index (κ3) is 5.94. The number of benzene rings is 2. The summed E-state index contributed by atoms with van der Waals surface area (Å²) >= 11 is 0. The SMILES string of the molecule is COc1ccc(CNC(=O)CC(C)=NNC(=O)c2cccc(O)c2)cc1. The average molecular weight is 355 g/mol. The van der Waals surface area contributed by atoms with Gasteiger partial charge in [0.1, 0.15) is 11.5 Å². The Kier molecular flexibility index (Phi) is 6.73. The second kappa shape index (κ2) is 9.22. The van der Waals surface area contributed by atoms with E-state index in [-0.39, 0.29) is 23.6 Å². The zero-order valence-electron chi connectivity index (χ0n) is 14.7. The summed E-state index contributed by atoms with van der Waals surface area (Å²) in [5.41, 5.74) is 4.06. The molecular formula is C19H21N3O4. The van der Waals surface area contributed by atoms with Crippen molar-refractivity contribution in [3.63, 3.8) is 0 Å². The highest BCUT2D eigenvalue weighted by atomic mass is 16.5. The van der Waals surface area contributed by atoms with Crippen LogP contribution in [0.1, 0.15) is 29.3 Å².